The fourth-order valence-corrected chi connectivity index (χ4v) is 2.44. The Balaban J connectivity index is 1.95. The van der Waals surface area contributed by atoms with E-state index in [1.807, 2.05) is 0 Å². The first-order chi connectivity index (χ1) is 10.0. The third-order valence-corrected chi connectivity index (χ3v) is 3.91. The van der Waals surface area contributed by atoms with Crippen LogP contribution in [0.25, 0.3) is 11.1 Å². The molecule has 7 heteroatoms. The summed E-state index contributed by atoms with van der Waals surface area (Å²) in [5.41, 5.74) is 0.830. The Morgan fingerprint density at radius 3 is 2.86 bits per heavy atom. The summed E-state index contributed by atoms with van der Waals surface area (Å²) in [6, 6.07) is 3.17. The first-order valence-corrected chi connectivity index (χ1v) is 7.14. The average Bonchev–Trinajstić information content (AvgIpc) is 2.66. The van der Waals surface area contributed by atoms with Gasteiger partial charge in [0.1, 0.15) is 5.75 Å². The van der Waals surface area contributed by atoms with Crippen LogP contribution in [0, 0.1) is 0 Å². The lowest BCUT2D eigenvalue weighted by Crippen LogP contribution is -2.24. The summed E-state index contributed by atoms with van der Waals surface area (Å²) in [4.78, 5) is 22.4. The Kier molecular flexibility index (Phi) is 3.63. The predicted molar refractivity (Wildman–Crippen MR) is 76.0 cm³/mol. The van der Waals surface area contributed by atoms with Crippen molar-refractivity contribution in [3.8, 4) is 5.75 Å². The second kappa shape index (κ2) is 5.44. The van der Waals surface area contributed by atoms with Crippen molar-refractivity contribution < 1.29 is 19.1 Å². The standard InChI is InChI=1S/C14H14ClNO5/c15-9-6-10-12(7-11(9)20-8-2-1-3-8)21-14(19)16(10)5-4-13(17)18/h6-8H,1-5H2,(H,17,18). The zero-order chi connectivity index (χ0) is 15.0. The van der Waals surface area contributed by atoms with E-state index in [-0.39, 0.29) is 19.1 Å². The van der Waals surface area contributed by atoms with Crippen molar-refractivity contribution in [3.05, 3.63) is 27.7 Å². The van der Waals surface area contributed by atoms with E-state index in [9.17, 15) is 9.59 Å². The van der Waals surface area contributed by atoms with Gasteiger partial charge in [-0.25, -0.2) is 4.79 Å². The molecule has 6 nitrogen and oxygen atoms in total. The Hall–Kier alpha value is -1.95. The van der Waals surface area contributed by atoms with Gasteiger partial charge in [0, 0.05) is 12.6 Å². The number of carboxylic acids is 1. The van der Waals surface area contributed by atoms with E-state index in [1.165, 1.54) is 4.57 Å². The van der Waals surface area contributed by atoms with Crippen molar-refractivity contribution in [1.29, 1.82) is 0 Å². The summed E-state index contributed by atoms with van der Waals surface area (Å²) in [6.45, 7) is 0.0420. The van der Waals surface area contributed by atoms with E-state index >= 15 is 0 Å². The maximum absolute atomic E-state index is 11.8. The molecular weight excluding hydrogens is 298 g/mol. The predicted octanol–water partition coefficient (Wildman–Crippen LogP) is 2.65. The van der Waals surface area contributed by atoms with E-state index in [1.54, 1.807) is 12.1 Å². The Labute approximate surface area is 124 Å². The quantitative estimate of drug-likeness (QED) is 0.918. The highest BCUT2D eigenvalue weighted by molar-refractivity contribution is 6.32. The zero-order valence-electron chi connectivity index (χ0n) is 11.2. The molecule has 1 N–H and O–H groups in total. The normalized spacial score (nSPS) is 15.1. The topological polar surface area (TPSA) is 81.7 Å². The summed E-state index contributed by atoms with van der Waals surface area (Å²) in [6.07, 6.45) is 3.15. The number of hydrogen-bond acceptors (Lipinski definition) is 4. The van der Waals surface area contributed by atoms with Crippen LogP contribution in [0.1, 0.15) is 25.7 Å². The van der Waals surface area contributed by atoms with Gasteiger partial charge >= 0.3 is 11.7 Å². The van der Waals surface area contributed by atoms with Crippen LogP contribution in [-0.4, -0.2) is 21.7 Å². The molecule has 0 amide bonds. The second-order valence-electron chi connectivity index (χ2n) is 5.08. The van der Waals surface area contributed by atoms with Crippen molar-refractivity contribution in [1.82, 2.24) is 4.57 Å². The number of oxazole rings is 1. The first kappa shape index (κ1) is 14.0. The van der Waals surface area contributed by atoms with Gasteiger partial charge in [-0.1, -0.05) is 11.6 Å². The molecule has 1 aromatic carbocycles. The molecule has 1 aromatic heterocycles. The number of aryl methyl sites for hydroxylation is 1. The summed E-state index contributed by atoms with van der Waals surface area (Å²) < 4.78 is 12.1. The lowest BCUT2D eigenvalue weighted by Gasteiger charge is -2.26. The third kappa shape index (κ3) is 2.76. The highest BCUT2D eigenvalue weighted by atomic mass is 35.5. The van der Waals surface area contributed by atoms with Crippen LogP contribution < -0.4 is 10.5 Å². The lowest BCUT2D eigenvalue weighted by atomic mass is 9.96. The van der Waals surface area contributed by atoms with Crippen molar-refractivity contribution in [2.45, 2.75) is 38.3 Å². The average molecular weight is 312 g/mol. The van der Waals surface area contributed by atoms with E-state index in [2.05, 4.69) is 0 Å². The number of aromatic nitrogens is 1. The largest absolute Gasteiger partial charge is 0.489 e. The van der Waals surface area contributed by atoms with Crippen molar-refractivity contribution in [2.75, 3.05) is 0 Å². The smallest absolute Gasteiger partial charge is 0.419 e. The summed E-state index contributed by atoms with van der Waals surface area (Å²) in [5.74, 6) is -1.08. The Morgan fingerprint density at radius 2 is 2.24 bits per heavy atom. The van der Waals surface area contributed by atoms with Gasteiger partial charge in [-0.3, -0.25) is 9.36 Å². The fraction of sp³-hybridized carbons (Fsp3) is 0.429. The molecule has 0 radical (unpaired) electrons. The Morgan fingerprint density at radius 1 is 1.48 bits per heavy atom. The molecule has 0 atom stereocenters. The van der Waals surface area contributed by atoms with E-state index in [0.29, 0.717) is 21.9 Å². The highest BCUT2D eigenvalue weighted by Crippen LogP contribution is 2.33. The van der Waals surface area contributed by atoms with Crippen LogP contribution in [0.15, 0.2) is 21.3 Å². The van der Waals surface area contributed by atoms with Gasteiger partial charge in [0.25, 0.3) is 0 Å². The molecule has 0 saturated heterocycles. The van der Waals surface area contributed by atoms with Crippen molar-refractivity contribution >= 4 is 28.7 Å². The minimum Gasteiger partial charge on any atom is -0.489 e. The molecule has 1 heterocycles. The van der Waals surface area contributed by atoms with Crippen LogP contribution in [0.3, 0.4) is 0 Å². The number of carboxylic acid groups (broad SMARTS) is 1. The van der Waals surface area contributed by atoms with E-state index < -0.39 is 11.7 Å². The van der Waals surface area contributed by atoms with Gasteiger partial charge in [-0.2, -0.15) is 0 Å². The fourth-order valence-electron chi connectivity index (χ4n) is 2.24. The van der Waals surface area contributed by atoms with Crippen molar-refractivity contribution in [2.24, 2.45) is 0 Å². The van der Waals surface area contributed by atoms with Crippen LogP contribution in [0.5, 0.6) is 5.75 Å². The van der Waals surface area contributed by atoms with Gasteiger partial charge in [0.15, 0.2) is 5.58 Å². The van der Waals surface area contributed by atoms with Crippen LogP contribution in [0.4, 0.5) is 0 Å². The van der Waals surface area contributed by atoms with Gasteiger partial charge < -0.3 is 14.3 Å². The minimum absolute atomic E-state index is 0.0420. The number of benzene rings is 1. The summed E-state index contributed by atoms with van der Waals surface area (Å²) in [5, 5.41) is 9.10. The molecule has 0 unspecified atom stereocenters. The molecule has 3 rings (SSSR count). The molecule has 1 fully saturated rings. The molecule has 2 aromatic rings. The van der Waals surface area contributed by atoms with Crippen molar-refractivity contribution in [3.63, 3.8) is 0 Å². The lowest BCUT2D eigenvalue weighted by molar-refractivity contribution is -0.137. The van der Waals surface area contributed by atoms with Gasteiger partial charge in [0.05, 0.1) is 23.1 Å². The number of halogens is 1. The van der Waals surface area contributed by atoms with E-state index in [4.69, 9.17) is 25.9 Å². The number of nitrogens with zero attached hydrogens (tertiary/aromatic N) is 1. The molecule has 112 valence electrons. The summed E-state index contributed by atoms with van der Waals surface area (Å²) in [7, 11) is 0. The maximum Gasteiger partial charge on any atom is 0.419 e. The first-order valence-electron chi connectivity index (χ1n) is 6.76. The Bertz CT molecular complexity index is 744. The zero-order valence-corrected chi connectivity index (χ0v) is 11.9. The molecule has 1 aliphatic rings. The van der Waals surface area contributed by atoms with Gasteiger partial charge in [-0.05, 0) is 25.3 Å². The van der Waals surface area contributed by atoms with E-state index in [0.717, 1.165) is 19.3 Å². The monoisotopic (exact) mass is 311 g/mol. The minimum atomic E-state index is -0.979. The van der Waals surface area contributed by atoms with Gasteiger partial charge in [0.2, 0.25) is 0 Å². The second-order valence-corrected chi connectivity index (χ2v) is 5.49. The number of carbonyl (C=O) groups is 1. The number of ether oxygens (including phenoxy) is 1. The highest BCUT2D eigenvalue weighted by Gasteiger charge is 2.21. The van der Waals surface area contributed by atoms with Crippen LogP contribution >= 0.6 is 11.6 Å². The molecule has 0 bridgehead atoms. The molecule has 0 aliphatic heterocycles. The molecular formula is C14H14ClNO5. The number of hydrogen-bond donors (Lipinski definition) is 1. The molecule has 21 heavy (non-hydrogen) atoms. The molecule has 1 saturated carbocycles. The van der Waals surface area contributed by atoms with Gasteiger partial charge in [-0.15, -0.1) is 0 Å². The number of aliphatic carboxylic acids is 1. The maximum atomic E-state index is 11.8. The van der Waals surface area contributed by atoms with Crippen LogP contribution in [-0.2, 0) is 11.3 Å². The summed E-state index contributed by atoms with van der Waals surface area (Å²) >= 11 is 6.17. The SMILES string of the molecule is O=C(O)CCn1c(=O)oc2cc(OC3CCC3)c(Cl)cc21. The number of rotatable bonds is 5. The number of fused-ring (bicyclic) bond motifs is 1. The third-order valence-electron chi connectivity index (χ3n) is 3.62. The molecule has 0 spiro atoms. The van der Waals surface area contributed by atoms with Crippen LogP contribution in [0.2, 0.25) is 5.02 Å². The molecule has 1 aliphatic carbocycles.